The number of aliphatic hydroxyl groups excluding tert-OH is 1. The molecule has 0 heterocycles. The predicted octanol–water partition coefficient (Wildman–Crippen LogP) is 5.56. The van der Waals surface area contributed by atoms with Gasteiger partial charge in [-0.2, -0.15) is 0 Å². The van der Waals surface area contributed by atoms with Gasteiger partial charge in [0.25, 0.3) is 0 Å². The summed E-state index contributed by atoms with van der Waals surface area (Å²) in [7, 11) is 0. The summed E-state index contributed by atoms with van der Waals surface area (Å²) >= 11 is 0. The molecular formula is C19H36O. The van der Waals surface area contributed by atoms with E-state index in [1.54, 1.807) is 0 Å². The van der Waals surface area contributed by atoms with Crippen molar-refractivity contribution in [3.63, 3.8) is 0 Å². The molecule has 1 unspecified atom stereocenters. The number of hydrogen-bond acceptors (Lipinski definition) is 1. The zero-order valence-corrected chi connectivity index (χ0v) is 13.8. The molecule has 20 heavy (non-hydrogen) atoms. The first-order valence-corrected chi connectivity index (χ1v) is 9.38. The van der Waals surface area contributed by atoms with Crippen molar-refractivity contribution in [2.24, 2.45) is 23.7 Å². The lowest BCUT2D eigenvalue weighted by atomic mass is 9.68. The van der Waals surface area contributed by atoms with Crippen LogP contribution in [0.5, 0.6) is 0 Å². The van der Waals surface area contributed by atoms with E-state index in [-0.39, 0.29) is 6.10 Å². The highest BCUT2D eigenvalue weighted by molar-refractivity contribution is 4.83. The van der Waals surface area contributed by atoms with Crippen molar-refractivity contribution >= 4 is 0 Å². The molecule has 0 aromatic rings. The quantitative estimate of drug-likeness (QED) is 0.631. The smallest absolute Gasteiger partial charge is 0.0540 e. The van der Waals surface area contributed by atoms with Crippen LogP contribution < -0.4 is 0 Å². The SMILES string of the molecule is CCCCCC1CCC(C2CCC(C(C)O)CC2)CC1. The average molecular weight is 280 g/mol. The average Bonchev–Trinajstić information content (AvgIpc) is 2.48. The molecule has 0 aliphatic heterocycles. The van der Waals surface area contributed by atoms with Gasteiger partial charge >= 0.3 is 0 Å². The minimum absolute atomic E-state index is 0.0785. The van der Waals surface area contributed by atoms with Gasteiger partial charge in [-0.15, -0.1) is 0 Å². The minimum Gasteiger partial charge on any atom is -0.393 e. The van der Waals surface area contributed by atoms with E-state index in [0.717, 1.165) is 17.8 Å². The lowest BCUT2D eigenvalue weighted by Crippen LogP contribution is -2.29. The molecule has 1 N–H and O–H groups in total. The van der Waals surface area contributed by atoms with Crippen molar-refractivity contribution < 1.29 is 5.11 Å². The van der Waals surface area contributed by atoms with E-state index in [4.69, 9.17) is 0 Å². The van der Waals surface area contributed by atoms with Crippen molar-refractivity contribution in [1.29, 1.82) is 0 Å². The molecule has 1 nitrogen and oxygen atoms in total. The molecule has 2 fully saturated rings. The standard InChI is InChI=1S/C19H36O/c1-3-4-5-6-16-7-9-18(10-8-16)19-13-11-17(12-14-19)15(2)20/h15-20H,3-14H2,1-2H3. The number of unbranched alkanes of at least 4 members (excludes halogenated alkanes) is 2. The summed E-state index contributed by atoms with van der Waals surface area (Å²) in [6, 6.07) is 0. The lowest BCUT2D eigenvalue weighted by Gasteiger charge is -2.38. The lowest BCUT2D eigenvalue weighted by molar-refractivity contribution is 0.0681. The van der Waals surface area contributed by atoms with Crippen LogP contribution in [-0.4, -0.2) is 11.2 Å². The number of rotatable bonds is 6. The van der Waals surface area contributed by atoms with Gasteiger partial charge in [0.1, 0.15) is 0 Å². The summed E-state index contributed by atoms with van der Waals surface area (Å²) in [5.74, 6) is 3.65. The zero-order valence-electron chi connectivity index (χ0n) is 13.8. The normalized spacial score (nSPS) is 36.8. The first-order chi connectivity index (χ1) is 9.70. The fourth-order valence-corrected chi connectivity index (χ4v) is 4.73. The number of aliphatic hydroxyl groups is 1. The van der Waals surface area contributed by atoms with Crippen LogP contribution in [0, 0.1) is 23.7 Å². The molecule has 2 aliphatic rings. The van der Waals surface area contributed by atoms with Crippen LogP contribution in [0.15, 0.2) is 0 Å². The highest BCUT2D eigenvalue weighted by atomic mass is 16.3. The molecule has 2 rings (SSSR count). The van der Waals surface area contributed by atoms with Gasteiger partial charge in [-0.3, -0.25) is 0 Å². The Morgan fingerprint density at radius 3 is 1.90 bits per heavy atom. The zero-order chi connectivity index (χ0) is 14.4. The van der Waals surface area contributed by atoms with E-state index in [0.29, 0.717) is 5.92 Å². The molecular weight excluding hydrogens is 244 g/mol. The molecule has 0 amide bonds. The van der Waals surface area contributed by atoms with Gasteiger partial charge in [0.2, 0.25) is 0 Å². The highest BCUT2D eigenvalue weighted by Crippen LogP contribution is 2.42. The third kappa shape index (κ3) is 4.76. The van der Waals surface area contributed by atoms with E-state index >= 15 is 0 Å². The van der Waals surface area contributed by atoms with Gasteiger partial charge in [0.15, 0.2) is 0 Å². The van der Waals surface area contributed by atoms with E-state index in [2.05, 4.69) is 6.92 Å². The molecule has 0 bridgehead atoms. The fourth-order valence-electron chi connectivity index (χ4n) is 4.73. The Kier molecular flexibility index (Phi) is 6.87. The van der Waals surface area contributed by atoms with Gasteiger partial charge in [-0.25, -0.2) is 0 Å². The van der Waals surface area contributed by atoms with Crippen molar-refractivity contribution in [3.8, 4) is 0 Å². The summed E-state index contributed by atoms with van der Waals surface area (Å²) in [4.78, 5) is 0. The van der Waals surface area contributed by atoms with Crippen molar-refractivity contribution in [2.45, 2.75) is 97.0 Å². The van der Waals surface area contributed by atoms with E-state index < -0.39 is 0 Å². The van der Waals surface area contributed by atoms with Gasteiger partial charge in [0.05, 0.1) is 6.10 Å². The van der Waals surface area contributed by atoms with Gasteiger partial charge in [0, 0.05) is 0 Å². The van der Waals surface area contributed by atoms with Crippen LogP contribution >= 0.6 is 0 Å². The molecule has 0 spiro atoms. The Hall–Kier alpha value is -0.0400. The molecule has 1 atom stereocenters. The van der Waals surface area contributed by atoms with Crippen LogP contribution in [0.25, 0.3) is 0 Å². The second-order valence-electron chi connectivity index (χ2n) is 7.69. The topological polar surface area (TPSA) is 20.2 Å². The van der Waals surface area contributed by atoms with Crippen molar-refractivity contribution in [2.75, 3.05) is 0 Å². The van der Waals surface area contributed by atoms with Gasteiger partial charge < -0.3 is 5.11 Å². The van der Waals surface area contributed by atoms with E-state index in [9.17, 15) is 5.11 Å². The summed E-state index contributed by atoms with van der Waals surface area (Å²) < 4.78 is 0. The highest BCUT2D eigenvalue weighted by Gasteiger charge is 2.31. The first-order valence-electron chi connectivity index (χ1n) is 9.38. The van der Waals surface area contributed by atoms with Crippen LogP contribution in [0.3, 0.4) is 0 Å². The van der Waals surface area contributed by atoms with Crippen molar-refractivity contribution in [1.82, 2.24) is 0 Å². The second-order valence-corrected chi connectivity index (χ2v) is 7.69. The molecule has 0 radical (unpaired) electrons. The van der Waals surface area contributed by atoms with Crippen LogP contribution in [0.2, 0.25) is 0 Å². The Morgan fingerprint density at radius 1 is 0.850 bits per heavy atom. The summed E-state index contributed by atoms with van der Waals surface area (Å²) in [6.07, 6.45) is 17.0. The maximum Gasteiger partial charge on any atom is 0.0540 e. The summed E-state index contributed by atoms with van der Waals surface area (Å²) in [6.45, 7) is 4.28. The Morgan fingerprint density at radius 2 is 1.40 bits per heavy atom. The first kappa shape index (κ1) is 16.3. The molecule has 1 heteroatoms. The van der Waals surface area contributed by atoms with Gasteiger partial charge in [-0.1, -0.05) is 45.4 Å². The number of hydrogen-bond donors (Lipinski definition) is 1. The molecule has 118 valence electrons. The van der Waals surface area contributed by atoms with E-state index in [1.807, 2.05) is 6.92 Å². The Balaban J connectivity index is 1.64. The predicted molar refractivity (Wildman–Crippen MR) is 86.7 cm³/mol. The molecule has 0 saturated heterocycles. The maximum absolute atomic E-state index is 9.71. The summed E-state index contributed by atoms with van der Waals surface area (Å²) in [5.41, 5.74) is 0. The van der Waals surface area contributed by atoms with E-state index in [1.165, 1.54) is 77.0 Å². The minimum atomic E-state index is -0.0785. The molecule has 0 aromatic heterocycles. The third-order valence-corrected chi connectivity index (χ3v) is 6.27. The summed E-state index contributed by atoms with van der Waals surface area (Å²) in [5, 5.41) is 9.71. The maximum atomic E-state index is 9.71. The fraction of sp³-hybridized carbons (Fsp3) is 1.00. The molecule has 2 saturated carbocycles. The van der Waals surface area contributed by atoms with Crippen molar-refractivity contribution in [3.05, 3.63) is 0 Å². The van der Waals surface area contributed by atoms with Crippen LogP contribution in [0.1, 0.15) is 90.9 Å². The largest absolute Gasteiger partial charge is 0.393 e. The Labute approximate surface area is 126 Å². The third-order valence-electron chi connectivity index (χ3n) is 6.27. The van der Waals surface area contributed by atoms with Gasteiger partial charge in [-0.05, 0) is 69.1 Å². The molecule has 2 aliphatic carbocycles. The Bertz CT molecular complexity index is 244. The monoisotopic (exact) mass is 280 g/mol. The van der Waals surface area contributed by atoms with Crippen LogP contribution in [-0.2, 0) is 0 Å². The second kappa shape index (κ2) is 8.41. The molecule has 0 aromatic carbocycles. The van der Waals surface area contributed by atoms with Crippen LogP contribution in [0.4, 0.5) is 0 Å².